The van der Waals surface area contributed by atoms with Crippen LogP contribution in [-0.4, -0.2) is 86.4 Å². The number of amides is 2. The van der Waals surface area contributed by atoms with Crippen LogP contribution in [0, 0.1) is 6.92 Å². The number of morpholine rings is 1. The van der Waals surface area contributed by atoms with Gasteiger partial charge in [-0.25, -0.2) is 0 Å². The van der Waals surface area contributed by atoms with Gasteiger partial charge in [-0.15, -0.1) is 0 Å². The van der Waals surface area contributed by atoms with Crippen LogP contribution in [0.2, 0.25) is 0 Å². The first-order valence-corrected chi connectivity index (χ1v) is 14.0. The highest BCUT2D eigenvalue weighted by Crippen LogP contribution is 2.29. The van der Waals surface area contributed by atoms with Crippen LogP contribution in [0.25, 0.3) is 0 Å². The van der Waals surface area contributed by atoms with Crippen LogP contribution >= 0.6 is 0 Å². The van der Waals surface area contributed by atoms with Crippen molar-refractivity contribution in [2.45, 2.75) is 33.1 Å². The molecule has 0 N–H and O–H groups in total. The molecule has 0 radical (unpaired) electrons. The van der Waals surface area contributed by atoms with Crippen LogP contribution < -0.4 is 9.64 Å². The minimum atomic E-state index is -0.163. The lowest BCUT2D eigenvalue weighted by atomic mass is 10.0. The average molecular weight is 547 g/mol. The average Bonchev–Trinajstić information content (AvgIpc) is 3.36. The van der Waals surface area contributed by atoms with E-state index in [0.29, 0.717) is 68.5 Å². The Labute approximate surface area is 235 Å². The Morgan fingerprint density at radius 3 is 2.55 bits per heavy atom. The Morgan fingerprint density at radius 2 is 1.77 bits per heavy atom. The molecule has 1 fully saturated rings. The topological polar surface area (TPSA) is 88.4 Å². The van der Waals surface area contributed by atoms with Crippen LogP contribution in [0.3, 0.4) is 0 Å². The van der Waals surface area contributed by atoms with Gasteiger partial charge in [-0.2, -0.15) is 0 Å². The number of hydrogen-bond acceptors (Lipinski definition) is 7. The maximum atomic E-state index is 13.8. The number of carbonyl (C=O) groups is 2. The third kappa shape index (κ3) is 5.99. The Bertz CT molecular complexity index is 1360. The number of aryl methyl sites for hydroxylation is 1. The van der Waals surface area contributed by atoms with Crippen LogP contribution in [0.15, 0.2) is 47.0 Å². The number of fused-ring (bicyclic) bond motifs is 3. The van der Waals surface area contributed by atoms with Gasteiger partial charge >= 0.3 is 0 Å². The summed E-state index contributed by atoms with van der Waals surface area (Å²) in [5.74, 6) is 1.07. The SMILES string of the molecule is Cc1onc(C(C)C)c1C(=O)N1CCOc2ccc(N3CCOCC3)cc2Cc2cccc(c2)C(=O)N(C)CC1. The van der Waals surface area contributed by atoms with Crippen LogP contribution in [-0.2, 0) is 11.2 Å². The molecule has 1 saturated heterocycles. The number of aromatic nitrogens is 1. The number of ether oxygens (including phenoxy) is 2. The van der Waals surface area contributed by atoms with Gasteiger partial charge in [0.05, 0.1) is 25.5 Å². The number of anilines is 1. The molecule has 2 aliphatic rings. The molecule has 2 aliphatic heterocycles. The summed E-state index contributed by atoms with van der Waals surface area (Å²) in [6, 6.07) is 14.0. The summed E-state index contributed by atoms with van der Waals surface area (Å²) < 4.78 is 17.3. The fourth-order valence-corrected chi connectivity index (χ4v) is 5.27. The van der Waals surface area contributed by atoms with E-state index in [0.717, 1.165) is 35.7 Å². The normalized spacial score (nSPS) is 16.9. The molecule has 0 atom stereocenters. The van der Waals surface area contributed by atoms with Crippen LogP contribution in [0.1, 0.15) is 63.1 Å². The molecule has 2 aromatic carbocycles. The highest BCUT2D eigenvalue weighted by atomic mass is 16.5. The minimum Gasteiger partial charge on any atom is -0.491 e. The van der Waals surface area contributed by atoms with E-state index < -0.39 is 0 Å². The van der Waals surface area contributed by atoms with E-state index >= 15 is 0 Å². The second-order valence-corrected chi connectivity index (χ2v) is 10.8. The third-order valence-electron chi connectivity index (χ3n) is 7.60. The van der Waals surface area contributed by atoms with E-state index in [4.69, 9.17) is 14.0 Å². The summed E-state index contributed by atoms with van der Waals surface area (Å²) in [6.07, 6.45) is 0.624. The van der Waals surface area contributed by atoms with Gasteiger partial charge in [0.1, 0.15) is 23.7 Å². The fourth-order valence-electron chi connectivity index (χ4n) is 5.27. The quantitative estimate of drug-likeness (QED) is 0.488. The standard InChI is InChI=1S/C31H38N4O5/c1-21(2)29-28(22(3)40-32-29)31(37)35-11-10-33(4)30(36)24-7-5-6-23(18-24)19-25-20-26(34-12-15-38-16-13-34)8-9-27(25)39-17-14-35/h5-9,18,20-21H,10-17,19H2,1-4H3. The molecule has 2 bridgehead atoms. The molecule has 5 rings (SSSR count). The molecule has 0 saturated carbocycles. The molecule has 212 valence electrons. The van der Waals surface area contributed by atoms with Crippen LogP contribution in [0.4, 0.5) is 5.69 Å². The van der Waals surface area contributed by atoms with E-state index in [1.807, 2.05) is 44.2 Å². The van der Waals surface area contributed by atoms with Crippen molar-refractivity contribution in [1.29, 1.82) is 0 Å². The van der Waals surface area contributed by atoms with Crippen LogP contribution in [0.5, 0.6) is 5.75 Å². The van der Waals surface area contributed by atoms with Gasteiger partial charge in [0.15, 0.2) is 0 Å². The van der Waals surface area contributed by atoms with Gasteiger partial charge in [-0.05, 0) is 48.7 Å². The molecule has 2 amide bonds. The molecule has 9 heteroatoms. The Morgan fingerprint density at radius 1 is 0.975 bits per heavy atom. The van der Waals surface area contributed by atoms with Crippen molar-refractivity contribution >= 4 is 17.5 Å². The van der Waals surface area contributed by atoms with Gasteiger partial charge in [0.25, 0.3) is 11.8 Å². The monoisotopic (exact) mass is 546 g/mol. The molecule has 0 aliphatic carbocycles. The predicted octanol–water partition coefficient (Wildman–Crippen LogP) is 4.14. The molecule has 3 aromatic rings. The minimum absolute atomic E-state index is 0.0384. The highest BCUT2D eigenvalue weighted by Gasteiger charge is 2.27. The maximum absolute atomic E-state index is 13.8. The Hall–Kier alpha value is -3.85. The van der Waals surface area contributed by atoms with Gasteiger partial charge < -0.3 is 28.7 Å². The fraction of sp³-hybridized carbons (Fsp3) is 0.452. The van der Waals surface area contributed by atoms with Crippen molar-refractivity contribution in [3.05, 3.63) is 76.2 Å². The van der Waals surface area contributed by atoms with E-state index in [1.165, 1.54) is 0 Å². The molecule has 40 heavy (non-hydrogen) atoms. The molecular weight excluding hydrogens is 508 g/mol. The third-order valence-corrected chi connectivity index (χ3v) is 7.60. The Kier molecular flexibility index (Phi) is 8.40. The first-order chi connectivity index (χ1) is 19.3. The van der Waals surface area contributed by atoms with E-state index in [2.05, 4.69) is 22.2 Å². The van der Waals surface area contributed by atoms with Crippen molar-refractivity contribution < 1.29 is 23.6 Å². The van der Waals surface area contributed by atoms with Crippen molar-refractivity contribution in [2.75, 3.05) is 64.5 Å². The number of likely N-dealkylation sites (N-methyl/N-ethyl adjacent to an activating group) is 1. The van der Waals surface area contributed by atoms with Crippen molar-refractivity contribution in [3.8, 4) is 5.75 Å². The number of carbonyl (C=O) groups excluding carboxylic acids is 2. The molecule has 1 aromatic heterocycles. The molecule has 0 unspecified atom stereocenters. The summed E-state index contributed by atoms with van der Waals surface area (Å²) in [5.41, 5.74) is 4.96. The summed E-state index contributed by atoms with van der Waals surface area (Å²) in [6.45, 7) is 10.3. The smallest absolute Gasteiger partial charge is 0.259 e. The largest absolute Gasteiger partial charge is 0.491 e. The highest BCUT2D eigenvalue weighted by molar-refractivity contribution is 5.96. The molecule has 3 heterocycles. The first kappa shape index (κ1) is 27.7. The van der Waals surface area contributed by atoms with Crippen molar-refractivity contribution in [3.63, 3.8) is 0 Å². The zero-order valence-corrected chi connectivity index (χ0v) is 23.8. The zero-order chi connectivity index (χ0) is 28.2. The maximum Gasteiger partial charge on any atom is 0.259 e. The molecular formula is C31H38N4O5. The lowest BCUT2D eigenvalue weighted by Crippen LogP contribution is -2.42. The van der Waals surface area contributed by atoms with Crippen molar-refractivity contribution in [2.24, 2.45) is 0 Å². The van der Waals surface area contributed by atoms with Gasteiger partial charge in [0.2, 0.25) is 0 Å². The lowest BCUT2D eigenvalue weighted by molar-refractivity contribution is 0.0666. The second-order valence-electron chi connectivity index (χ2n) is 10.8. The summed E-state index contributed by atoms with van der Waals surface area (Å²) in [5, 5.41) is 4.14. The lowest BCUT2D eigenvalue weighted by Gasteiger charge is -2.30. The predicted molar refractivity (Wildman–Crippen MR) is 152 cm³/mol. The Balaban J connectivity index is 1.48. The summed E-state index contributed by atoms with van der Waals surface area (Å²) >= 11 is 0. The number of rotatable bonds is 3. The summed E-state index contributed by atoms with van der Waals surface area (Å²) in [4.78, 5) is 32.9. The van der Waals surface area contributed by atoms with E-state index in [9.17, 15) is 9.59 Å². The molecule has 9 nitrogen and oxygen atoms in total. The first-order valence-electron chi connectivity index (χ1n) is 14.0. The zero-order valence-electron chi connectivity index (χ0n) is 23.8. The number of benzene rings is 2. The number of nitrogens with zero attached hydrogens (tertiary/aromatic N) is 4. The van der Waals surface area contributed by atoms with E-state index in [-0.39, 0.29) is 17.7 Å². The van der Waals surface area contributed by atoms with E-state index in [1.54, 1.807) is 23.8 Å². The van der Waals surface area contributed by atoms with Gasteiger partial charge in [-0.1, -0.05) is 31.1 Å². The van der Waals surface area contributed by atoms with Gasteiger partial charge in [-0.3, -0.25) is 9.59 Å². The second kappa shape index (κ2) is 12.1. The van der Waals surface area contributed by atoms with Crippen molar-refractivity contribution in [1.82, 2.24) is 15.0 Å². The van der Waals surface area contributed by atoms with Gasteiger partial charge in [0, 0.05) is 56.5 Å². The summed E-state index contributed by atoms with van der Waals surface area (Å²) in [7, 11) is 1.77. The molecule has 0 spiro atoms. The number of hydrogen-bond donors (Lipinski definition) is 0.